The molecule has 10 nitrogen and oxygen atoms in total. The summed E-state index contributed by atoms with van der Waals surface area (Å²) in [6.45, 7) is 3.27. The van der Waals surface area contributed by atoms with Crippen molar-refractivity contribution in [3.8, 4) is 0 Å². The molecule has 0 radical (unpaired) electrons. The molecule has 0 bridgehead atoms. The molecule has 0 aliphatic rings. The van der Waals surface area contributed by atoms with Crippen LogP contribution in [0, 0.1) is 6.92 Å². The number of carbonyl (C=O) groups is 3. The van der Waals surface area contributed by atoms with E-state index < -0.39 is 18.1 Å². The molecule has 0 spiro atoms. The maximum absolute atomic E-state index is 12.9. The van der Waals surface area contributed by atoms with E-state index in [4.69, 9.17) is 28.9 Å². The monoisotopic (exact) mass is 644 g/mol. The Morgan fingerprint density at radius 1 is 0.844 bits per heavy atom. The number of esters is 1. The first kappa shape index (κ1) is 31.4. The second-order valence-electron chi connectivity index (χ2n) is 10.1. The Kier molecular flexibility index (Phi) is 9.86. The minimum atomic E-state index is -1.20. The molecule has 0 aliphatic heterocycles. The zero-order valence-electron chi connectivity index (χ0n) is 24.3. The number of pyridine rings is 1. The minimum Gasteiger partial charge on any atom is -0.373 e. The number of rotatable bonds is 10. The van der Waals surface area contributed by atoms with Crippen LogP contribution in [-0.4, -0.2) is 47.9 Å². The molecular weight excluding hydrogens is 615 g/mol. The largest absolute Gasteiger partial charge is 0.412 e. The van der Waals surface area contributed by atoms with E-state index in [2.05, 4.69) is 30.6 Å². The quantitative estimate of drug-likeness (QED) is 0.0531. The van der Waals surface area contributed by atoms with Crippen LogP contribution in [0.25, 0.3) is 21.8 Å². The van der Waals surface area contributed by atoms with E-state index in [9.17, 15) is 14.4 Å². The summed E-state index contributed by atoms with van der Waals surface area (Å²) in [5.41, 5.74) is 10.6. The van der Waals surface area contributed by atoms with Crippen LogP contribution in [0.4, 0.5) is 38.0 Å². The number of benzene rings is 4. The molecule has 0 fully saturated rings. The summed E-state index contributed by atoms with van der Waals surface area (Å²) in [6.07, 6.45) is -1.20. The molecule has 5 N–H and O–H groups in total. The van der Waals surface area contributed by atoms with E-state index in [1.807, 2.05) is 73.7 Å². The standard InChI is InChI=1S/C33H30Cl2N6O4/c1-20-9-10-22(38-33(44)37-21-11-13-23(14-12-21)41(17-15-34)18-16-35)19-28(20)40-29-24-5-2-3-8-27(24)39-30-25(29)6-4-7-26(30)31(42)45-32(36)43/h2-14,19H,15-18H2,1H3,(H2,36,43)(H,39,40)(H2,37,38,44). The molecule has 5 rings (SSSR count). The molecule has 1 heterocycles. The lowest BCUT2D eigenvalue weighted by Gasteiger charge is -2.23. The molecule has 45 heavy (non-hydrogen) atoms. The zero-order valence-corrected chi connectivity index (χ0v) is 25.8. The first-order chi connectivity index (χ1) is 21.8. The van der Waals surface area contributed by atoms with Crippen LogP contribution in [-0.2, 0) is 4.74 Å². The first-order valence-corrected chi connectivity index (χ1v) is 15.1. The lowest BCUT2D eigenvalue weighted by molar-refractivity contribution is 0.0640. The number of nitrogens with two attached hydrogens (primary N) is 1. The van der Waals surface area contributed by atoms with E-state index in [1.54, 1.807) is 12.1 Å². The number of anilines is 5. The van der Waals surface area contributed by atoms with E-state index >= 15 is 0 Å². The fourth-order valence-electron chi connectivity index (χ4n) is 4.95. The van der Waals surface area contributed by atoms with Gasteiger partial charge in [-0.05, 0) is 61.0 Å². The lowest BCUT2D eigenvalue weighted by atomic mass is 10.0. The lowest BCUT2D eigenvalue weighted by Crippen LogP contribution is -2.27. The van der Waals surface area contributed by atoms with Crippen LogP contribution >= 0.6 is 23.2 Å². The van der Waals surface area contributed by atoms with Gasteiger partial charge in [-0.15, -0.1) is 23.2 Å². The van der Waals surface area contributed by atoms with E-state index in [0.717, 1.165) is 22.3 Å². The van der Waals surface area contributed by atoms with Crippen molar-refractivity contribution < 1.29 is 19.1 Å². The molecule has 0 aliphatic carbocycles. The van der Waals surface area contributed by atoms with Crippen LogP contribution in [0.3, 0.4) is 0 Å². The summed E-state index contributed by atoms with van der Waals surface area (Å²) in [5.74, 6) is 0.0626. The Bertz CT molecular complexity index is 1880. The van der Waals surface area contributed by atoms with Gasteiger partial charge in [-0.2, -0.15) is 0 Å². The van der Waals surface area contributed by atoms with Crippen molar-refractivity contribution in [2.24, 2.45) is 5.73 Å². The third-order valence-corrected chi connectivity index (χ3v) is 7.42. The van der Waals surface area contributed by atoms with E-state index in [-0.39, 0.29) is 5.56 Å². The van der Waals surface area contributed by atoms with Crippen molar-refractivity contribution in [3.05, 3.63) is 96.1 Å². The molecule has 0 saturated heterocycles. The smallest absolute Gasteiger partial charge is 0.373 e. The maximum atomic E-state index is 12.9. The fourth-order valence-corrected chi connectivity index (χ4v) is 5.36. The van der Waals surface area contributed by atoms with Crippen LogP contribution in [0.5, 0.6) is 0 Å². The summed E-state index contributed by atoms with van der Waals surface area (Å²) in [6, 6.07) is 25.0. The Balaban J connectivity index is 1.40. The van der Waals surface area contributed by atoms with Gasteiger partial charge in [0.05, 0.1) is 22.3 Å². The van der Waals surface area contributed by atoms with Gasteiger partial charge < -0.3 is 31.3 Å². The number of para-hydroxylation sites is 2. The van der Waals surface area contributed by atoms with Crippen molar-refractivity contribution in [1.29, 1.82) is 0 Å². The van der Waals surface area contributed by atoms with Crippen molar-refractivity contribution in [3.63, 3.8) is 0 Å². The number of halogens is 2. The summed E-state index contributed by atoms with van der Waals surface area (Å²) < 4.78 is 4.65. The zero-order chi connectivity index (χ0) is 31.9. The van der Waals surface area contributed by atoms with Crippen molar-refractivity contribution in [1.82, 2.24) is 4.98 Å². The number of amides is 3. The predicted molar refractivity (Wildman–Crippen MR) is 181 cm³/mol. The van der Waals surface area contributed by atoms with Crippen LogP contribution in [0.2, 0.25) is 0 Å². The highest BCUT2D eigenvalue weighted by Crippen LogP contribution is 2.36. The number of nitrogens with one attached hydrogen (secondary N) is 3. The number of fused-ring (bicyclic) bond motifs is 2. The summed E-state index contributed by atoms with van der Waals surface area (Å²) in [4.78, 5) is 43.6. The van der Waals surface area contributed by atoms with Gasteiger partial charge in [0.2, 0.25) is 0 Å². The number of aryl methyl sites for hydroxylation is 1. The SMILES string of the molecule is Cc1ccc(NC(=O)Nc2ccc(N(CCCl)CCCl)cc2)cc1Nc1c2ccccc2nc2c(C(=O)OC(N)=O)cccc12. The van der Waals surface area contributed by atoms with Crippen molar-refractivity contribution in [2.75, 3.05) is 45.7 Å². The molecule has 230 valence electrons. The molecule has 1 aromatic heterocycles. The number of ether oxygens (including phenoxy) is 1. The highest BCUT2D eigenvalue weighted by molar-refractivity contribution is 6.18. The molecular formula is C33H30Cl2N6O4. The summed E-state index contributed by atoms with van der Waals surface area (Å²) in [5, 5.41) is 10.7. The van der Waals surface area contributed by atoms with Gasteiger partial charge in [-0.3, -0.25) is 0 Å². The van der Waals surface area contributed by atoms with Gasteiger partial charge in [-0.1, -0.05) is 36.4 Å². The van der Waals surface area contributed by atoms with Gasteiger partial charge in [0.15, 0.2) is 0 Å². The Morgan fingerprint density at radius 3 is 2.22 bits per heavy atom. The molecule has 5 aromatic rings. The third kappa shape index (κ3) is 7.36. The van der Waals surface area contributed by atoms with Crippen molar-refractivity contribution in [2.45, 2.75) is 6.92 Å². The van der Waals surface area contributed by atoms with Crippen molar-refractivity contribution >= 4 is 91.5 Å². The van der Waals surface area contributed by atoms with E-state index in [0.29, 0.717) is 58.3 Å². The van der Waals surface area contributed by atoms with E-state index in [1.165, 1.54) is 6.07 Å². The molecule has 3 amide bonds. The molecule has 12 heteroatoms. The Morgan fingerprint density at radius 2 is 1.51 bits per heavy atom. The Labute approximate surface area is 269 Å². The second kappa shape index (κ2) is 14.1. The number of primary amides is 1. The van der Waals surface area contributed by atoms with Crippen LogP contribution in [0.1, 0.15) is 15.9 Å². The minimum absolute atomic E-state index is 0.0998. The Hall–Kier alpha value is -5.06. The third-order valence-electron chi connectivity index (χ3n) is 7.08. The number of hydrogen-bond acceptors (Lipinski definition) is 7. The number of urea groups is 1. The number of hydrogen-bond donors (Lipinski definition) is 4. The van der Waals surface area contributed by atoms with Gasteiger partial charge in [0, 0.05) is 58.4 Å². The topological polar surface area (TPSA) is 139 Å². The predicted octanol–water partition coefficient (Wildman–Crippen LogP) is 7.60. The molecule has 0 unspecified atom stereocenters. The van der Waals surface area contributed by atoms with Crippen LogP contribution in [0.15, 0.2) is 84.9 Å². The van der Waals surface area contributed by atoms with Gasteiger partial charge in [-0.25, -0.2) is 19.4 Å². The first-order valence-electron chi connectivity index (χ1n) is 14.0. The summed E-state index contributed by atoms with van der Waals surface area (Å²) in [7, 11) is 0. The number of alkyl halides is 2. The van der Waals surface area contributed by atoms with Gasteiger partial charge in [0.1, 0.15) is 0 Å². The number of aromatic nitrogens is 1. The number of carbonyl (C=O) groups excluding carboxylic acids is 3. The van der Waals surface area contributed by atoms with Crippen LogP contribution < -0.4 is 26.6 Å². The highest BCUT2D eigenvalue weighted by atomic mass is 35.5. The van der Waals surface area contributed by atoms with Gasteiger partial charge >= 0.3 is 18.1 Å². The molecule has 0 saturated carbocycles. The fraction of sp³-hybridized carbons (Fsp3) is 0.152. The maximum Gasteiger partial charge on any atom is 0.412 e. The summed E-state index contributed by atoms with van der Waals surface area (Å²) >= 11 is 11.8. The average Bonchev–Trinajstić information content (AvgIpc) is 3.02. The average molecular weight is 646 g/mol. The normalized spacial score (nSPS) is 10.8. The molecule has 4 aromatic carbocycles. The number of nitrogens with zero attached hydrogens (tertiary/aromatic N) is 2. The molecule has 0 atom stereocenters. The highest BCUT2D eigenvalue weighted by Gasteiger charge is 2.19. The second-order valence-corrected chi connectivity index (χ2v) is 10.8. The van der Waals surface area contributed by atoms with Gasteiger partial charge in [0.25, 0.3) is 0 Å².